The van der Waals surface area contributed by atoms with Crippen LogP contribution in [0.4, 0.5) is 0 Å². The Labute approximate surface area is 173 Å². The smallest absolute Gasteiger partial charge is 0.297 e. The van der Waals surface area contributed by atoms with E-state index in [1.165, 1.54) is 19.2 Å². The molecule has 0 fully saturated rings. The number of aryl methyl sites for hydroxylation is 3. The molecule has 0 unspecified atom stereocenters. The Bertz CT molecular complexity index is 946. The van der Waals surface area contributed by atoms with Crippen molar-refractivity contribution >= 4 is 10.1 Å². The van der Waals surface area contributed by atoms with Crippen LogP contribution in [0.2, 0.25) is 0 Å². The SMILES string of the molecule is COCOc1c(C)c(C)cc(C)c1C[C@@](C)(O)COS(=O)(=O)c1ccc(C)cc1. The van der Waals surface area contributed by atoms with Crippen molar-refractivity contribution < 1.29 is 27.2 Å². The fourth-order valence-electron chi connectivity index (χ4n) is 3.05. The quantitative estimate of drug-likeness (QED) is 0.491. The Morgan fingerprint density at radius 3 is 2.24 bits per heavy atom. The molecular weight excluding hydrogens is 392 g/mol. The van der Waals surface area contributed by atoms with E-state index in [4.69, 9.17) is 13.7 Å². The Hall–Kier alpha value is -1.93. The maximum atomic E-state index is 12.4. The lowest BCUT2D eigenvalue weighted by atomic mass is 9.90. The van der Waals surface area contributed by atoms with Gasteiger partial charge in [-0.05, 0) is 63.4 Å². The molecular formula is C22H30O6S. The summed E-state index contributed by atoms with van der Waals surface area (Å²) in [6.07, 6.45) is 0.169. The summed E-state index contributed by atoms with van der Waals surface area (Å²) in [6, 6.07) is 8.40. The van der Waals surface area contributed by atoms with Gasteiger partial charge in [0.1, 0.15) is 5.75 Å². The second-order valence-electron chi connectivity index (χ2n) is 7.70. The van der Waals surface area contributed by atoms with E-state index in [-0.39, 0.29) is 24.7 Å². The molecule has 0 aromatic heterocycles. The lowest BCUT2D eigenvalue weighted by Gasteiger charge is -2.26. The lowest BCUT2D eigenvalue weighted by Crippen LogP contribution is -2.35. The monoisotopic (exact) mass is 422 g/mol. The highest BCUT2D eigenvalue weighted by molar-refractivity contribution is 7.86. The van der Waals surface area contributed by atoms with Crippen LogP contribution in [0.1, 0.15) is 34.7 Å². The third-order valence-corrected chi connectivity index (χ3v) is 6.11. The first-order chi connectivity index (χ1) is 13.5. The summed E-state index contributed by atoms with van der Waals surface area (Å²) in [4.78, 5) is 0.0605. The number of hydrogen-bond acceptors (Lipinski definition) is 6. The van der Waals surface area contributed by atoms with Crippen molar-refractivity contribution in [2.24, 2.45) is 0 Å². The molecule has 0 aliphatic heterocycles. The maximum Gasteiger partial charge on any atom is 0.297 e. The van der Waals surface area contributed by atoms with Crippen LogP contribution < -0.4 is 4.74 Å². The van der Waals surface area contributed by atoms with Gasteiger partial charge in [0.15, 0.2) is 6.79 Å². The standard InChI is InChI=1S/C22H30O6S/c1-15-7-9-19(10-8-15)29(24,25)28-13-22(5,23)12-20-17(3)11-16(2)18(4)21(20)27-14-26-6/h7-11,23H,12-14H2,1-6H3/t22-/m1/s1. The number of hydrogen-bond donors (Lipinski definition) is 1. The minimum absolute atomic E-state index is 0.0605. The first-order valence-electron chi connectivity index (χ1n) is 9.37. The molecule has 2 rings (SSSR count). The summed E-state index contributed by atoms with van der Waals surface area (Å²) in [5.41, 5.74) is 3.29. The summed E-state index contributed by atoms with van der Waals surface area (Å²) in [5.74, 6) is 0.644. The van der Waals surface area contributed by atoms with Crippen LogP contribution in [0.5, 0.6) is 5.75 Å². The molecule has 0 radical (unpaired) electrons. The third-order valence-electron chi connectivity index (χ3n) is 4.83. The molecule has 0 amide bonds. The van der Waals surface area contributed by atoms with Crippen molar-refractivity contribution in [1.29, 1.82) is 0 Å². The highest BCUT2D eigenvalue weighted by Gasteiger charge is 2.29. The Morgan fingerprint density at radius 1 is 1.03 bits per heavy atom. The van der Waals surface area contributed by atoms with E-state index in [9.17, 15) is 13.5 Å². The zero-order valence-corrected chi connectivity index (χ0v) is 18.7. The van der Waals surface area contributed by atoms with Crippen molar-refractivity contribution in [3.63, 3.8) is 0 Å². The molecule has 1 N–H and O–H groups in total. The highest BCUT2D eigenvalue weighted by atomic mass is 32.2. The second kappa shape index (κ2) is 9.26. The molecule has 2 aromatic carbocycles. The average molecular weight is 423 g/mol. The minimum Gasteiger partial charge on any atom is -0.467 e. The van der Waals surface area contributed by atoms with Gasteiger partial charge < -0.3 is 14.6 Å². The maximum absolute atomic E-state index is 12.4. The zero-order valence-electron chi connectivity index (χ0n) is 17.9. The summed E-state index contributed by atoms with van der Waals surface area (Å²) in [7, 11) is -2.42. The molecule has 0 saturated carbocycles. The summed E-state index contributed by atoms with van der Waals surface area (Å²) < 4.78 is 40.8. The summed E-state index contributed by atoms with van der Waals surface area (Å²) in [6.45, 7) is 8.99. The predicted octanol–water partition coefficient (Wildman–Crippen LogP) is 3.60. The van der Waals surface area contributed by atoms with Crippen LogP contribution in [-0.4, -0.2) is 39.6 Å². The van der Waals surface area contributed by atoms with Gasteiger partial charge in [-0.3, -0.25) is 4.18 Å². The van der Waals surface area contributed by atoms with Crippen LogP contribution in [0.25, 0.3) is 0 Å². The second-order valence-corrected chi connectivity index (χ2v) is 9.31. The van der Waals surface area contributed by atoms with Gasteiger partial charge in [-0.1, -0.05) is 23.8 Å². The molecule has 0 bridgehead atoms. The fourth-order valence-corrected chi connectivity index (χ4v) is 4.06. The van der Waals surface area contributed by atoms with Crippen molar-refractivity contribution in [3.05, 3.63) is 58.1 Å². The van der Waals surface area contributed by atoms with E-state index in [1.807, 2.05) is 33.8 Å². The lowest BCUT2D eigenvalue weighted by molar-refractivity contribution is 0.0116. The number of methoxy groups -OCH3 is 1. The van der Waals surface area contributed by atoms with Crippen LogP contribution in [0.15, 0.2) is 35.2 Å². The number of ether oxygens (including phenoxy) is 2. The van der Waals surface area contributed by atoms with Gasteiger partial charge in [-0.25, -0.2) is 0 Å². The van der Waals surface area contributed by atoms with Crippen molar-refractivity contribution in [2.75, 3.05) is 20.5 Å². The predicted molar refractivity (Wildman–Crippen MR) is 112 cm³/mol. The molecule has 6 nitrogen and oxygen atoms in total. The highest BCUT2D eigenvalue weighted by Crippen LogP contribution is 2.33. The van der Waals surface area contributed by atoms with E-state index >= 15 is 0 Å². The summed E-state index contributed by atoms with van der Waals surface area (Å²) in [5, 5.41) is 10.9. The van der Waals surface area contributed by atoms with Gasteiger partial charge in [-0.2, -0.15) is 8.42 Å². The third kappa shape index (κ3) is 6.02. The molecule has 0 heterocycles. The number of rotatable bonds is 9. The van der Waals surface area contributed by atoms with E-state index in [1.54, 1.807) is 19.1 Å². The van der Waals surface area contributed by atoms with Crippen molar-refractivity contribution in [2.45, 2.75) is 51.5 Å². The van der Waals surface area contributed by atoms with E-state index in [0.29, 0.717) is 5.75 Å². The molecule has 0 aliphatic carbocycles. The number of benzene rings is 2. The van der Waals surface area contributed by atoms with Crippen molar-refractivity contribution in [1.82, 2.24) is 0 Å². The Kier molecular flexibility index (Phi) is 7.45. The normalized spacial score (nSPS) is 13.9. The van der Waals surface area contributed by atoms with Crippen LogP contribution in [0.3, 0.4) is 0 Å². The first kappa shape index (κ1) is 23.3. The molecule has 0 saturated heterocycles. The van der Waals surface area contributed by atoms with Gasteiger partial charge in [0.2, 0.25) is 0 Å². The molecule has 0 aliphatic rings. The van der Waals surface area contributed by atoms with Gasteiger partial charge in [0.05, 0.1) is 17.1 Å². The largest absolute Gasteiger partial charge is 0.467 e. The van der Waals surface area contributed by atoms with Crippen molar-refractivity contribution in [3.8, 4) is 5.75 Å². The van der Waals surface area contributed by atoms with Crippen LogP contribution in [-0.2, 0) is 25.5 Å². The van der Waals surface area contributed by atoms with E-state index in [2.05, 4.69) is 0 Å². The van der Waals surface area contributed by atoms with Gasteiger partial charge in [0, 0.05) is 19.1 Å². The minimum atomic E-state index is -3.96. The molecule has 160 valence electrons. The number of aliphatic hydroxyl groups is 1. The molecule has 29 heavy (non-hydrogen) atoms. The average Bonchev–Trinajstić information content (AvgIpc) is 2.65. The Balaban J connectivity index is 2.22. The first-order valence-corrected chi connectivity index (χ1v) is 10.8. The zero-order chi connectivity index (χ0) is 21.8. The van der Waals surface area contributed by atoms with Crippen LogP contribution in [0, 0.1) is 27.7 Å². The molecule has 1 atom stereocenters. The topological polar surface area (TPSA) is 82.1 Å². The van der Waals surface area contributed by atoms with Gasteiger partial charge in [-0.15, -0.1) is 0 Å². The van der Waals surface area contributed by atoms with Crippen LogP contribution >= 0.6 is 0 Å². The van der Waals surface area contributed by atoms with E-state index in [0.717, 1.165) is 27.8 Å². The summed E-state index contributed by atoms with van der Waals surface area (Å²) >= 11 is 0. The van der Waals surface area contributed by atoms with Gasteiger partial charge in [0.25, 0.3) is 10.1 Å². The Morgan fingerprint density at radius 2 is 1.66 bits per heavy atom. The molecule has 2 aromatic rings. The fraction of sp³-hybridized carbons (Fsp3) is 0.455. The molecule has 7 heteroatoms. The van der Waals surface area contributed by atoms with E-state index < -0.39 is 15.7 Å². The van der Waals surface area contributed by atoms with Gasteiger partial charge >= 0.3 is 0 Å². The molecule has 0 spiro atoms.